The van der Waals surface area contributed by atoms with Crippen LogP contribution in [0, 0.1) is 11.6 Å². The van der Waals surface area contributed by atoms with Crippen molar-refractivity contribution in [1.82, 2.24) is 34.6 Å². The molecule has 0 aliphatic carbocycles. The summed E-state index contributed by atoms with van der Waals surface area (Å²) in [6, 6.07) is 15.0. The van der Waals surface area contributed by atoms with Crippen LogP contribution in [0.25, 0.3) is 11.1 Å². The predicted molar refractivity (Wildman–Crippen MR) is 243 cm³/mol. The largest absolute Gasteiger partial charge is 0.374 e. The summed E-state index contributed by atoms with van der Waals surface area (Å²) >= 11 is 1.29. The summed E-state index contributed by atoms with van der Waals surface area (Å²) in [5, 5.41) is 10.4. The Bertz CT molecular complexity index is 2680. The number of imide groups is 1. The van der Waals surface area contributed by atoms with E-state index in [1.54, 1.807) is 24.0 Å². The standard InChI is InChI=1S/C49H51F2N9O5S/c50-37-23-32(22-35-36(37)25-60(47(35)64)44(46(63)56-49-52-15-21-66-49)43-40-2-1-16-59(40)27-53-43)29-5-3-28(4-6-29)30-13-19-58(20-14-30)48-41(65-48)26-57-17-11-31(12-18-57)34-8-7-33(24-38(34)51)54-39-9-10-42(61)55-45(39)62/h3-8,15,21-24,27,30-31,39,41,44,48,54H,1-2,9-14,16-20,25-26H2,(H,52,56,63)(H,55,61,62)/t39-,41?,44?,48?/m0/s1. The van der Waals surface area contributed by atoms with E-state index in [-0.39, 0.29) is 60.0 Å². The van der Waals surface area contributed by atoms with Gasteiger partial charge < -0.3 is 24.4 Å². The van der Waals surface area contributed by atoms with Crippen molar-refractivity contribution in [3.8, 4) is 11.1 Å². The summed E-state index contributed by atoms with van der Waals surface area (Å²) in [4.78, 5) is 66.8. The number of fused-ring (bicyclic) bond motifs is 2. The highest BCUT2D eigenvalue weighted by Gasteiger charge is 2.46. The van der Waals surface area contributed by atoms with Gasteiger partial charge in [0.25, 0.3) is 11.8 Å². The highest BCUT2D eigenvalue weighted by Crippen LogP contribution is 2.40. The molecule has 0 radical (unpaired) electrons. The summed E-state index contributed by atoms with van der Waals surface area (Å²) in [7, 11) is 0. The topological polar surface area (TPSA) is 157 Å². The molecule has 17 heteroatoms. The minimum atomic E-state index is -1.04. The second kappa shape index (κ2) is 17.7. The van der Waals surface area contributed by atoms with Gasteiger partial charge in [-0.2, -0.15) is 0 Å². The van der Waals surface area contributed by atoms with E-state index in [1.807, 2.05) is 28.8 Å². The number of aryl methyl sites for hydroxylation is 1. The number of hydrogen-bond acceptors (Lipinski definition) is 11. The molecular weight excluding hydrogens is 865 g/mol. The Morgan fingerprint density at radius 1 is 0.879 bits per heavy atom. The number of nitrogens with zero attached hydrogens (tertiary/aromatic N) is 6. The van der Waals surface area contributed by atoms with E-state index >= 15 is 8.78 Å². The normalized spacial score (nSPS) is 23.2. The molecule has 3 unspecified atom stereocenters. The molecule has 66 heavy (non-hydrogen) atoms. The average molecular weight is 916 g/mol. The molecule has 3 aromatic carbocycles. The Morgan fingerprint density at radius 2 is 1.68 bits per heavy atom. The average Bonchev–Trinajstić information content (AvgIpc) is 3.75. The number of halogens is 2. The number of amides is 4. The third-order valence-electron chi connectivity index (χ3n) is 14.5. The van der Waals surface area contributed by atoms with E-state index in [0.717, 1.165) is 89.1 Å². The number of imidazole rings is 1. The first kappa shape index (κ1) is 42.7. The minimum absolute atomic E-state index is 0.0408. The summed E-state index contributed by atoms with van der Waals surface area (Å²) in [6.45, 7) is 5.23. The lowest BCUT2D eigenvalue weighted by molar-refractivity contribution is -0.133. The molecule has 4 fully saturated rings. The Hall–Kier alpha value is -5.88. The number of benzene rings is 3. The third-order valence-corrected chi connectivity index (χ3v) is 15.2. The molecule has 6 aliphatic rings. The molecule has 342 valence electrons. The Balaban J connectivity index is 0.667. The lowest BCUT2D eigenvalue weighted by Gasteiger charge is -2.33. The second-order valence-corrected chi connectivity index (χ2v) is 19.4. The number of thiazole rings is 1. The number of ether oxygens (including phenoxy) is 1. The monoisotopic (exact) mass is 915 g/mol. The maximum atomic E-state index is 16.0. The molecule has 4 saturated heterocycles. The minimum Gasteiger partial charge on any atom is -0.374 e. The van der Waals surface area contributed by atoms with E-state index in [9.17, 15) is 19.2 Å². The first-order valence-electron chi connectivity index (χ1n) is 23.1. The Morgan fingerprint density at radius 3 is 2.44 bits per heavy atom. The van der Waals surface area contributed by atoms with Crippen LogP contribution < -0.4 is 16.0 Å². The highest BCUT2D eigenvalue weighted by molar-refractivity contribution is 7.13. The molecule has 8 heterocycles. The van der Waals surface area contributed by atoms with Crippen molar-refractivity contribution in [3.05, 3.63) is 118 Å². The number of carbonyl (C=O) groups is 4. The summed E-state index contributed by atoms with van der Waals surface area (Å²) in [6.07, 6.45) is 9.64. The number of nitrogens with one attached hydrogen (secondary N) is 3. The van der Waals surface area contributed by atoms with E-state index < -0.39 is 29.7 Å². The molecule has 5 aromatic rings. The van der Waals surface area contributed by atoms with Crippen molar-refractivity contribution in [2.75, 3.05) is 43.4 Å². The van der Waals surface area contributed by atoms with Gasteiger partial charge in [-0.25, -0.2) is 18.7 Å². The van der Waals surface area contributed by atoms with Gasteiger partial charge in [0, 0.05) is 66.7 Å². The molecule has 11 rings (SSSR count). The van der Waals surface area contributed by atoms with Crippen LogP contribution in [0.15, 0.2) is 72.5 Å². The number of hydrogen-bond donors (Lipinski definition) is 3. The first-order valence-corrected chi connectivity index (χ1v) is 24.0. The maximum absolute atomic E-state index is 16.0. The fourth-order valence-corrected chi connectivity index (χ4v) is 11.4. The van der Waals surface area contributed by atoms with Crippen molar-refractivity contribution in [1.29, 1.82) is 0 Å². The van der Waals surface area contributed by atoms with Crippen LogP contribution in [0.3, 0.4) is 0 Å². The Kier molecular flexibility index (Phi) is 11.5. The van der Waals surface area contributed by atoms with Gasteiger partial charge in [-0.1, -0.05) is 30.3 Å². The molecule has 3 N–H and O–H groups in total. The van der Waals surface area contributed by atoms with E-state index in [1.165, 1.54) is 33.9 Å². The zero-order chi connectivity index (χ0) is 45.1. The summed E-state index contributed by atoms with van der Waals surface area (Å²) in [5.41, 5.74) is 5.88. The SMILES string of the molecule is O=C1CC[C@H](Nc2ccc(C3CCN(CC4OC4N4CCC(c5ccc(-c6cc(F)c7c(c6)C(=O)N(C(C(=O)Nc6nccs6)c6ncn8c6CCC8)C7)cc5)CC4)CC3)c(F)c2)C(=O)N1. The number of anilines is 2. The zero-order valence-electron chi connectivity index (χ0n) is 36.4. The lowest BCUT2D eigenvalue weighted by atomic mass is 9.88. The van der Waals surface area contributed by atoms with Crippen molar-refractivity contribution in [3.63, 3.8) is 0 Å². The molecule has 4 amide bonds. The van der Waals surface area contributed by atoms with Crippen molar-refractivity contribution >= 4 is 45.8 Å². The van der Waals surface area contributed by atoms with Crippen molar-refractivity contribution in [2.45, 2.75) is 101 Å². The van der Waals surface area contributed by atoms with Gasteiger partial charge in [0.1, 0.15) is 30.0 Å². The predicted octanol–water partition coefficient (Wildman–Crippen LogP) is 6.57. The number of aromatic nitrogens is 3. The molecule has 0 bridgehead atoms. The van der Waals surface area contributed by atoms with Crippen LogP contribution in [-0.2, 0) is 38.6 Å². The molecule has 14 nitrogen and oxygen atoms in total. The quantitative estimate of drug-likeness (QED) is 0.0925. The van der Waals surface area contributed by atoms with Crippen LogP contribution in [0.5, 0.6) is 0 Å². The second-order valence-electron chi connectivity index (χ2n) is 18.5. The lowest BCUT2D eigenvalue weighted by Crippen LogP contribution is -2.47. The first-order chi connectivity index (χ1) is 32.1. The molecule has 4 atom stereocenters. The smallest absolute Gasteiger partial charge is 0.255 e. The van der Waals surface area contributed by atoms with Gasteiger partial charge in [-0.3, -0.25) is 34.7 Å². The maximum Gasteiger partial charge on any atom is 0.255 e. The van der Waals surface area contributed by atoms with Gasteiger partial charge in [-0.15, -0.1) is 11.3 Å². The van der Waals surface area contributed by atoms with E-state index in [2.05, 4.69) is 47.9 Å². The van der Waals surface area contributed by atoms with Gasteiger partial charge in [0.2, 0.25) is 11.8 Å². The van der Waals surface area contributed by atoms with Gasteiger partial charge in [-0.05, 0) is 116 Å². The molecule has 0 saturated carbocycles. The summed E-state index contributed by atoms with van der Waals surface area (Å²) in [5.74, 6) is -1.73. The zero-order valence-corrected chi connectivity index (χ0v) is 37.2. The number of piperidine rings is 3. The molecule has 6 aliphatic heterocycles. The van der Waals surface area contributed by atoms with Crippen LogP contribution >= 0.6 is 11.3 Å². The van der Waals surface area contributed by atoms with Crippen molar-refractivity contribution < 1.29 is 32.7 Å². The number of epoxide rings is 1. The van der Waals surface area contributed by atoms with Gasteiger partial charge >= 0.3 is 0 Å². The van der Waals surface area contributed by atoms with Crippen molar-refractivity contribution in [2.24, 2.45) is 0 Å². The fourth-order valence-electron chi connectivity index (χ4n) is 10.8. The van der Waals surface area contributed by atoms with E-state index in [0.29, 0.717) is 40.0 Å². The molecule has 0 spiro atoms. The van der Waals surface area contributed by atoms with Gasteiger partial charge in [0.05, 0.1) is 18.6 Å². The number of likely N-dealkylation sites (tertiary alicyclic amines) is 2. The molecular formula is C49H51F2N9O5S. The number of carbonyl (C=O) groups excluding carboxylic acids is 4. The van der Waals surface area contributed by atoms with Crippen LogP contribution in [-0.4, -0.2) is 104 Å². The van der Waals surface area contributed by atoms with E-state index in [4.69, 9.17) is 4.74 Å². The molecule has 2 aromatic heterocycles. The van der Waals surface area contributed by atoms with Crippen LogP contribution in [0.1, 0.15) is 101 Å². The number of rotatable bonds is 12. The van der Waals surface area contributed by atoms with Crippen LogP contribution in [0.2, 0.25) is 0 Å². The van der Waals surface area contributed by atoms with Crippen LogP contribution in [0.4, 0.5) is 19.6 Å². The fraction of sp³-hybridized carbons (Fsp3) is 0.429. The third kappa shape index (κ3) is 8.41. The summed E-state index contributed by atoms with van der Waals surface area (Å²) < 4.78 is 39.5. The Labute approximate surface area is 384 Å². The van der Waals surface area contributed by atoms with Gasteiger partial charge in [0.15, 0.2) is 11.2 Å². The highest BCUT2D eigenvalue weighted by atomic mass is 32.1.